The van der Waals surface area contributed by atoms with Gasteiger partial charge in [0.1, 0.15) is 11.4 Å². The van der Waals surface area contributed by atoms with Crippen LogP contribution in [-0.4, -0.2) is 93.8 Å². The van der Waals surface area contributed by atoms with Crippen LogP contribution in [0.2, 0.25) is 0 Å². The molecule has 4 atom stereocenters. The van der Waals surface area contributed by atoms with Gasteiger partial charge in [0.05, 0.1) is 35.3 Å². The zero-order valence-electron chi connectivity index (χ0n) is 28.2. The predicted molar refractivity (Wildman–Crippen MR) is 180 cm³/mol. The molecule has 48 heavy (non-hydrogen) atoms. The monoisotopic (exact) mass is 706 g/mol. The second-order valence-electron chi connectivity index (χ2n) is 12.4. The van der Waals surface area contributed by atoms with Gasteiger partial charge >= 0.3 is 0 Å². The maximum Gasteiger partial charge on any atom is 0.267 e. The Morgan fingerprint density at radius 1 is 1.08 bits per heavy atom. The van der Waals surface area contributed by atoms with Gasteiger partial charge in [0, 0.05) is 38.3 Å². The molecule has 2 N–H and O–H groups in total. The Bertz CT molecular complexity index is 1740. The number of sulfonamides is 2. The highest BCUT2D eigenvalue weighted by Crippen LogP contribution is 2.30. The van der Waals surface area contributed by atoms with Crippen LogP contribution in [0.1, 0.15) is 61.8 Å². The molecule has 0 aliphatic carbocycles. The van der Waals surface area contributed by atoms with Crippen molar-refractivity contribution in [2.75, 3.05) is 38.1 Å². The van der Waals surface area contributed by atoms with Gasteiger partial charge < -0.3 is 24.0 Å². The summed E-state index contributed by atoms with van der Waals surface area (Å²) in [7, 11) is -6.41. The number of carbonyl (C=O) groups excluding carboxylic acids is 1. The van der Waals surface area contributed by atoms with Crippen molar-refractivity contribution in [2.24, 2.45) is 5.92 Å². The van der Waals surface area contributed by atoms with Gasteiger partial charge in [0.25, 0.3) is 15.9 Å². The number of hydrogen-bond donors (Lipinski definition) is 2. The largest absolute Gasteiger partial charge is 0.490 e. The average molecular weight is 707 g/mol. The minimum atomic E-state index is -4.11. The first kappa shape index (κ1) is 37.3. The predicted octanol–water partition coefficient (Wildman–Crippen LogP) is 4.21. The van der Waals surface area contributed by atoms with Crippen molar-refractivity contribution in [3.8, 4) is 5.75 Å². The molecule has 1 aromatic heterocycles. The molecule has 264 valence electrons. The molecular weight excluding hydrogens is 661 g/mol. The van der Waals surface area contributed by atoms with Crippen molar-refractivity contribution in [2.45, 2.75) is 81.9 Å². The lowest BCUT2D eigenvalue weighted by atomic mass is 10.0. The fourth-order valence-electron chi connectivity index (χ4n) is 5.64. The SMILES string of the molecule is Cc1noc(C)c1S(=O)(=O)Nc1ccc2c(c1)C(=O)N([C@H](C)CO)C[C@@H](C)[C@@H](CN(C)S(=O)(=O)c1ccccc1)OCCCC[C@@H](C)O2. The van der Waals surface area contributed by atoms with Crippen molar-refractivity contribution in [1.29, 1.82) is 0 Å². The molecule has 1 aliphatic heterocycles. The molecule has 0 saturated carbocycles. The van der Waals surface area contributed by atoms with E-state index in [4.69, 9.17) is 14.0 Å². The Morgan fingerprint density at radius 3 is 2.44 bits per heavy atom. The number of aliphatic hydroxyl groups is 1. The van der Waals surface area contributed by atoms with Crippen LogP contribution in [0, 0.1) is 19.8 Å². The van der Waals surface area contributed by atoms with Crippen molar-refractivity contribution >= 4 is 31.6 Å². The van der Waals surface area contributed by atoms with Gasteiger partial charge in [-0.25, -0.2) is 16.8 Å². The average Bonchev–Trinajstić information content (AvgIpc) is 3.40. The number of nitrogens with one attached hydrogen (secondary N) is 1. The number of benzene rings is 2. The summed E-state index contributed by atoms with van der Waals surface area (Å²) in [4.78, 5) is 15.9. The van der Waals surface area contributed by atoms with E-state index in [0.717, 1.165) is 6.42 Å². The minimum Gasteiger partial charge on any atom is -0.490 e. The van der Waals surface area contributed by atoms with Crippen molar-refractivity contribution in [3.63, 3.8) is 0 Å². The Balaban J connectivity index is 1.69. The van der Waals surface area contributed by atoms with E-state index in [2.05, 4.69) is 9.88 Å². The summed E-state index contributed by atoms with van der Waals surface area (Å²) in [6.07, 6.45) is 1.24. The topological polar surface area (TPSA) is 169 Å². The maximum absolute atomic E-state index is 14.4. The highest BCUT2D eigenvalue weighted by Gasteiger charge is 2.33. The molecule has 15 heteroatoms. The zero-order chi connectivity index (χ0) is 35.2. The summed E-state index contributed by atoms with van der Waals surface area (Å²) in [6, 6.07) is 12.0. The number of hydrogen-bond acceptors (Lipinski definition) is 10. The number of carbonyl (C=O) groups is 1. The van der Waals surface area contributed by atoms with Crippen LogP contribution in [-0.2, 0) is 24.8 Å². The minimum absolute atomic E-state index is 0.0393. The van der Waals surface area contributed by atoms with Gasteiger partial charge in [-0.05, 0) is 77.3 Å². The number of likely N-dealkylation sites (N-methyl/N-ethyl adjacent to an activating group) is 1. The summed E-state index contributed by atoms with van der Waals surface area (Å²) >= 11 is 0. The molecule has 0 fully saturated rings. The first-order valence-electron chi connectivity index (χ1n) is 16.0. The molecule has 0 spiro atoms. The van der Waals surface area contributed by atoms with E-state index in [1.165, 1.54) is 54.4 Å². The smallest absolute Gasteiger partial charge is 0.267 e. The van der Waals surface area contributed by atoms with E-state index >= 15 is 0 Å². The number of aryl methyl sites for hydroxylation is 2. The van der Waals surface area contributed by atoms with Gasteiger partial charge in [0.15, 0.2) is 10.7 Å². The number of fused-ring (bicyclic) bond motifs is 1. The number of amides is 1. The van der Waals surface area contributed by atoms with Gasteiger partial charge in [-0.1, -0.05) is 30.3 Å². The molecule has 2 heterocycles. The van der Waals surface area contributed by atoms with Crippen LogP contribution in [0.5, 0.6) is 5.75 Å². The number of aromatic nitrogens is 1. The number of ether oxygens (including phenoxy) is 2. The lowest BCUT2D eigenvalue weighted by Gasteiger charge is -2.35. The molecule has 0 bridgehead atoms. The summed E-state index contributed by atoms with van der Waals surface area (Å²) in [5, 5.41) is 14.0. The molecule has 1 amide bonds. The van der Waals surface area contributed by atoms with E-state index < -0.39 is 38.1 Å². The van der Waals surface area contributed by atoms with Crippen LogP contribution in [0.25, 0.3) is 0 Å². The lowest BCUT2D eigenvalue weighted by Crippen LogP contribution is -2.48. The van der Waals surface area contributed by atoms with E-state index in [0.29, 0.717) is 19.4 Å². The van der Waals surface area contributed by atoms with Crippen molar-refractivity contribution < 1.29 is 40.7 Å². The number of nitrogens with zero attached hydrogens (tertiary/aromatic N) is 3. The highest BCUT2D eigenvalue weighted by atomic mass is 32.2. The first-order valence-corrected chi connectivity index (χ1v) is 18.9. The fourth-order valence-corrected chi connectivity index (χ4v) is 8.22. The van der Waals surface area contributed by atoms with E-state index in [1.54, 1.807) is 31.2 Å². The van der Waals surface area contributed by atoms with Crippen LogP contribution >= 0.6 is 0 Å². The third-order valence-corrected chi connectivity index (χ3v) is 11.9. The van der Waals surface area contributed by atoms with Crippen LogP contribution < -0.4 is 9.46 Å². The molecule has 1 aliphatic rings. The Morgan fingerprint density at radius 2 is 1.79 bits per heavy atom. The van der Waals surface area contributed by atoms with Gasteiger partial charge in [-0.15, -0.1) is 0 Å². The molecular formula is C33H46N4O9S2. The van der Waals surface area contributed by atoms with Crippen molar-refractivity contribution in [3.05, 3.63) is 65.5 Å². The Labute approximate surface area is 283 Å². The Kier molecular flexibility index (Phi) is 12.3. The van der Waals surface area contributed by atoms with E-state index in [9.17, 15) is 26.7 Å². The second kappa shape index (κ2) is 15.8. The summed E-state index contributed by atoms with van der Waals surface area (Å²) < 4.78 is 74.7. The lowest BCUT2D eigenvalue weighted by molar-refractivity contribution is -0.00833. The first-order chi connectivity index (χ1) is 22.6. The molecule has 0 radical (unpaired) electrons. The van der Waals surface area contributed by atoms with Crippen LogP contribution in [0.4, 0.5) is 5.69 Å². The number of aliphatic hydroxyl groups excluding tert-OH is 1. The third kappa shape index (κ3) is 8.74. The maximum atomic E-state index is 14.4. The fraction of sp³-hybridized carbons (Fsp3) is 0.515. The molecule has 4 rings (SSSR count). The molecule has 3 aromatic rings. The quantitative estimate of drug-likeness (QED) is 0.329. The summed E-state index contributed by atoms with van der Waals surface area (Å²) in [6.45, 7) is 8.66. The summed E-state index contributed by atoms with van der Waals surface area (Å²) in [5.41, 5.74) is 0.423. The zero-order valence-corrected chi connectivity index (χ0v) is 29.9. The standard InChI is InChI=1S/C33H46N4O9S2/c1-22-19-37(23(2)21-38)33(39)29-18-27(35-47(40,41)32-25(4)34-46-26(32)5)15-16-30(29)45-24(3)12-10-11-17-44-31(22)20-36(6)48(42,43)28-13-8-7-9-14-28/h7-9,13-16,18,22-24,31,35,38H,10-12,17,19-21H2,1-6H3/t22-,23-,24-,31-/m1/s1. The summed E-state index contributed by atoms with van der Waals surface area (Å²) in [5.74, 6) is -0.467. The second-order valence-corrected chi connectivity index (χ2v) is 16.0. The van der Waals surface area contributed by atoms with Crippen molar-refractivity contribution in [1.82, 2.24) is 14.4 Å². The van der Waals surface area contributed by atoms with E-state index in [1.807, 2.05) is 13.8 Å². The normalized spacial score (nSPS) is 20.9. The number of rotatable bonds is 9. The van der Waals surface area contributed by atoms with Crippen LogP contribution in [0.3, 0.4) is 0 Å². The Hall–Kier alpha value is -3.50. The van der Waals surface area contributed by atoms with Gasteiger partial charge in [0.2, 0.25) is 10.0 Å². The number of anilines is 1. The molecule has 0 unspecified atom stereocenters. The van der Waals surface area contributed by atoms with Gasteiger partial charge in [-0.3, -0.25) is 9.52 Å². The molecule has 0 saturated heterocycles. The van der Waals surface area contributed by atoms with Crippen LogP contribution in [0.15, 0.2) is 62.8 Å². The molecule has 2 aromatic carbocycles. The third-order valence-electron chi connectivity index (χ3n) is 8.43. The van der Waals surface area contributed by atoms with Gasteiger partial charge in [-0.2, -0.15) is 4.31 Å². The molecule has 13 nitrogen and oxygen atoms in total. The highest BCUT2D eigenvalue weighted by molar-refractivity contribution is 7.92. The van der Waals surface area contributed by atoms with E-state index in [-0.39, 0.29) is 70.0 Å².